The van der Waals surface area contributed by atoms with Crippen LogP contribution in [0.3, 0.4) is 0 Å². The van der Waals surface area contributed by atoms with E-state index in [9.17, 15) is 4.79 Å². The molecule has 0 N–H and O–H groups in total. The maximum absolute atomic E-state index is 13.2. The van der Waals surface area contributed by atoms with Crippen molar-refractivity contribution < 1.29 is 28.3 Å². The van der Waals surface area contributed by atoms with Gasteiger partial charge in [0, 0.05) is 21.1 Å². The molecule has 0 unspecified atom stereocenters. The summed E-state index contributed by atoms with van der Waals surface area (Å²) in [6, 6.07) is 16.6. The lowest BCUT2D eigenvalue weighted by Crippen LogP contribution is -2.42. The number of hydrogen-bond acceptors (Lipinski definition) is 5. The average molecular weight is 572 g/mol. The second-order valence-corrected chi connectivity index (χ2v) is 9.38. The first kappa shape index (κ1) is 25.8. The predicted molar refractivity (Wildman–Crippen MR) is 143 cm³/mol. The number of nitrogens with zero attached hydrogens (tertiary/aromatic N) is 1. The normalized spacial score (nSPS) is 10.8. The Labute approximate surface area is 223 Å². The number of benzene rings is 3. The molecule has 1 heterocycles. The Morgan fingerprint density at radius 2 is 1.42 bits per heavy atom. The third-order valence-corrected chi connectivity index (χ3v) is 7.03. The number of Topliss-reactive ketones (excluding diaryl/α,β-unsaturated/α-hetero) is 1. The summed E-state index contributed by atoms with van der Waals surface area (Å²) in [5.41, 5.74) is 2.50. The zero-order valence-corrected chi connectivity index (χ0v) is 22.8. The van der Waals surface area contributed by atoms with Crippen LogP contribution >= 0.6 is 27.5 Å². The zero-order chi connectivity index (χ0) is 25.8. The molecule has 0 aliphatic heterocycles. The van der Waals surface area contributed by atoms with Crippen molar-refractivity contribution in [3.05, 3.63) is 87.1 Å². The first-order valence-corrected chi connectivity index (χ1v) is 12.3. The fourth-order valence-electron chi connectivity index (χ4n) is 4.14. The smallest absolute Gasteiger partial charge is 0.227 e. The van der Waals surface area contributed by atoms with E-state index in [4.69, 9.17) is 30.5 Å². The van der Waals surface area contributed by atoms with Crippen LogP contribution in [0, 0.1) is 0 Å². The van der Waals surface area contributed by atoms with E-state index in [1.807, 2.05) is 41.1 Å². The van der Waals surface area contributed by atoms with Gasteiger partial charge in [0.1, 0.15) is 0 Å². The van der Waals surface area contributed by atoms with Gasteiger partial charge in [-0.3, -0.25) is 4.79 Å². The number of carbonyl (C=O) groups excluding carboxylic acids is 1. The van der Waals surface area contributed by atoms with Crippen LogP contribution in [-0.2, 0) is 13.0 Å². The van der Waals surface area contributed by atoms with Crippen molar-refractivity contribution in [2.45, 2.75) is 13.0 Å². The Morgan fingerprint density at radius 3 is 2.06 bits per heavy atom. The highest BCUT2D eigenvalue weighted by Crippen LogP contribution is 2.36. The van der Waals surface area contributed by atoms with E-state index >= 15 is 0 Å². The van der Waals surface area contributed by atoms with Crippen molar-refractivity contribution in [2.75, 3.05) is 28.4 Å². The number of ketones is 1. The highest BCUT2D eigenvalue weighted by atomic mass is 79.9. The maximum atomic E-state index is 13.2. The Balaban J connectivity index is 1.86. The Bertz CT molecular complexity index is 1420. The standard InChI is InChI=1S/C28H26BrClNO5/c1-33-25-12-18-9-10-31(16-24(32)17-5-7-20(30)8-6-17)23(21(18)14-27(25)35-3)11-19-13-26(34-2)28(36-4)15-22(19)29/h5-10,12-15H,11,16H2,1-4H3/q+1. The van der Waals surface area contributed by atoms with Gasteiger partial charge in [-0.1, -0.05) is 27.5 Å². The van der Waals surface area contributed by atoms with Crippen molar-refractivity contribution in [1.82, 2.24) is 0 Å². The summed E-state index contributed by atoms with van der Waals surface area (Å²) in [6.07, 6.45) is 2.44. The van der Waals surface area contributed by atoms with E-state index in [-0.39, 0.29) is 12.3 Å². The summed E-state index contributed by atoms with van der Waals surface area (Å²) in [5.74, 6) is 2.48. The van der Waals surface area contributed by atoms with Gasteiger partial charge in [-0.05, 0) is 59.5 Å². The summed E-state index contributed by atoms with van der Waals surface area (Å²) in [5, 5.41) is 2.50. The third-order valence-electron chi connectivity index (χ3n) is 6.04. The fraction of sp³-hybridized carbons (Fsp3) is 0.214. The number of pyridine rings is 1. The summed E-state index contributed by atoms with van der Waals surface area (Å²) >= 11 is 9.68. The van der Waals surface area contributed by atoms with Gasteiger partial charge in [-0.15, -0.1) is 0 Å². The maximum Gasteiger partial charge on any atom is 0.227 e. The van der Waals surface area contributed by atoms with Crippen molar-refractivity contribution in [3.8, 4) is 23.0 Å². The molecular formula is C28H26BrClNO5+. The van der Waals surface area contributed by atoms with Gasteiger partial charge in [-0.2, -0.15) is 4.57 Å². The molecule has 0 bridgehead atoms. The van der Waals surface area contributed by atoms with E-state index in [2.05, 4.69) is 15.9 Å². The molecule has 3 aromatic carbocycles. The number of hydrogen-bond donors (Lipinski definition) is 0. The number of fused-ring (bicyclic) bond motifs is 1. The summed E-state index contributed by atoms with van der Waals surface area (Å²) < 4.78 is 24.9. The first-order valence-electron chi connectivity index (χ1n) is 11.1. The van der Waals surface area contributed by atoms with Gasteiger partial charge < -0.3 is 18.9 Å². The van der Waals surface area contributed by atoms with Crippen LogP contribution in [-0.4, -0.2) is 34.2 Å². The van der Waals surface area contributed by atoms with Crippen LogP contribution in [0.5, 0.6) is 23.0 Å². The van der Waals surface area contributed by atoms with Crippen LogP contribution in [0.1, 0.15) is 21.6 Å². The molecule has 0 atom stereocenters. The molecular weight excluding hydrogens is 546 g/mol. The molecule has 186 valence electrons. The molecule has 0 spiro atoms. The van der Waals surface area contributed by atoms with Crippen LogP contribution in [0.15, 0.2) is 65.3 Å². The van der Waals surface area contributed by atoms with E-state index in [0.29, 0.717) is 40.0 Å². The predicted octanol–water partition coefficient (Wildman–Crippen LogP) is 6.05. The molecule has 8 heteroatoms. The van der Waals surface area contributed by atoms with Gasteiger partial charge in [0.25, 0.3) is 0 Å². The topological polar surface area (TPSA) is 57.9 Å². The lowest BCUT2D eigenvalue weighted by molar-refractivity contribution is -0.688. The molecule has 6 nitrogen and oxygen atoms in total. The Morgan fingerprint density at radius 1 is 0.833 bits per heavy atom. The van der Waals surface area contributed by atoms with Crippen LogP contribution < -0.4 is 23.5 Å². The molecule has 0 amide bonds. The number of methoxy groups -OCH3 is 4. The second kappa shape index (κ2) is 11.2. The number of ether oxygens (including phenoxy) is 4. The minimum atomic E-state index is -0.0240. The summed E-state index contributed by atoms with van der Waals surface area (Å²) in [7, 11) is 6.43. The second-order valence-electron chi connectivity index (χ2n) is 8.09. The van der Waals surface area contributed by atoms with E-state index in [0.717, 1.165) is 26.5 Å². The first-order chi connectivity index (χ1) is 17.4. The highest BCUT2D eigenvalue weighted by molar-refractivity contribution is 9.10. The number of rotatable bonds is 9. The van der Waals surface area contributed by atoms with E-state index in [1.54, 1.807) is 52.7 Å². The lowest BCUT2D eigenvalue weighted by atomic mass is 10.0. The lowest BCUT2D eigenvalue weighted by Gasteiger charge is -2.14. The summed E-state index contributed by atoms with van der Waals surface area (Å²) in [4.78, 5) is 13.2. The van der Waals surface area contributed by atoms with Crippen molar-refractivity contribution in [2.24, 2.45) is 0 Å². The molecule has 0 aliphatic rings. The molecule has 0 radical (unpaired) electrons. The van der Waals surface area contributed by atoms with Crippen LogP contribution in [0.25, 0.3) is 10.8 Å². The number of halogens is 2. The van der Waals surface area contributed by atoms with Crippen molar-refractivity contribution in [1.29, 1.82) is 0 Å². The number of carbonyl (C=O) groups is 1. The fourth-order valence-corrected chi connectivity index (χ4v) is 4.72. The minimum Gasteiger partial charge on any atom is -0.493 e. The van der Waals surface area contributed by atoms with Gasteiger partial charge in [0.05, 0.1) is 40.2 Å². The van der Waals surface area contributed by atoms with Crippen LogP contribution in [0.4, 0.5) is 0 Å². The number of aromatic nitrogens is 1. The average Bonchev–Trinajstić information content (AvgIpc) is 2.90. The molecule has 0 aliphatic carbocycles. The van der Waals surface area contributed by atoms with Gasteiger partial charge in [0.15, 0.2) is 34.9 Å². The van der Waals surface area contributed by atoms with Crippen LogP contribution in [0.2, 0.25) is 5.02 Å². The molecule has 0 saturated carbocycles. The van der Waals surface area contributed by atoms with Crippen molar-refractivity contribution >= 4 is 44.1 Å². The molecule has 0 fully saturated rings. The van der Waals surface area contributed by atoms with E-state index in [1.165, 1.54) is 0 Å². The van der Waals surface area contributed by atoms with Crippen molar-refractivity contribution in [3.63, 3.8) is 0 Å². The molecule has 4 aromatic rings. The summed E-state index contributed by atoms with van der Waals surface area (Å²) in [6.45, 7) is 0.159. The zero-order valence-electron chi connectivity index (χ0n) is 20.4. The monoisotopic (exact) mass is 570 g/mol. The molecule has 36 heavy (non-hydrogen) atoms. The molecule has 0 saturated heterocycles. The molecule has 4 rings (SSSR count). The Hall–Kier alpha value is -3.29. The minimum absolute atomic E-state index is 0.0240. The molecule has 1 aromatic heterocycles. The van der Waals surface area contributed by atoms with Gasteiger partial charge in [0.2, 0.25) is 12.3 Å². The SMILES string of the molecule is COc1cc(Br)c(Cc2c3cc(OC)c(OC)cc3cc[n+]2CC(=O)c2ccc(Cl)cc2)cc1OC. The van der Waals surface area contributed by atoms with E-state index < -0.39 is 0 Å². The Kier molecular flexibility index (Phi) is 8.01. The quantitative estimate of drug-likeness (QED) is 0.181. The highest BCUT2D eigenvalue weighted by Gasteiger charge is 2.23. The van der Waals surface area contributed by atoms with Gasteiger partial charge >= 0.3 is 0 Å². The third kappa shape index (κ3) is 5.27. The van der Waals surface area contributed by atoms with Gasteiger partial charge in [-0.25, -0.2) is 0 Å². The largest absolute Gasteiger partial charge is 0.493 e.